The number of carbonyl (C=O) groups is 1. The first-order chi connectivity index (χ1) is 8.16. The van der Waals surface area contributed by atoms with Crippen molar-refractivity contribution in [3.63, 3.8) is 0 Å². The molecule has 88 valence electrons. The van der Waals surface area contributed by atoms with Gasteiger partial charge in [-0.15, -0.1) is 0 Å². The highest BCUT2D eigenvalue weighted by atomic mass is 16.5. The maximum atomic E-state index is 10.8. The van der Waals surface area contributed by atoms with E-state index in [9.17, 15) is 4.79 Å². The molecule has 0 saturated heterocycles. The van der Waals surface area contributed by atoms with Gasteiger partial charge >= 0.3 is 5.97 Å². The van der Waals surface area contributed by atoms with E-state index >= 15 is 0 Å². The second-order valence-corrected chi connectivity index (χ2v) is 3.18. The monoisotopic (exact) mass is 235 g/mol. The molecule has 0 amide bonds. The molecule has 0 aliphatic rings. The van der Waals surface area contributed by atoms with Gasteiger partial charge in [0.25, 0.3) is 5.89 Å². The number of nitrogens with zero attached hydrogens (tertiary/aromatic N) is 3. The molecule has 0 unspecified atom stereocenters. The van der Waals surface area contributed by atoms with Crippen molar-refractivity contribution < 1.29 is 19.2 Å². The van der Waals surface area contributed by atoms with Crippen molar-refractivity contribution in [2.24, 2.45) is 0 Å². The van der Waals surface area contributed by atoms with Crippen LogP contribution in [0.3, 0.4) is 0 Å². The number of aromatic nitrogens is 3. The molecule has 0 bridgehead atoms. The Morgan fingerprint density at radius 1 is 1.59 bits per heavy atom. The summed E-state index contributed by atoms with van der Waals surface area (Å²) in [6.07, 6.45) is 1.38. The quantitative estimate of drug-likeness (QED) is 0.845. The van der Waals surface area contributed by atoms with Crippen molar-refractivity contribution in [2.75, 3.05) is 0 Å². The lowest BCUT2D eigenvalue weighted by molar-refractivity contribution is 0.0684. The van der Waals surface area contributed by atoms with E-state index in [1.807, 2.05) is 0 Å². The number of carboxylic acid groups (broad SMARTS) is 1. The molecule has 0 aliphatic carbocycles. The van der Waals surface area contributed by atoms with Crippen LogP contribution in [0.1, 0.15) is 22.2 Å². The largest absolute Gasteiger partial charge is 0.481 e. The number of aromatic carboxylic acids is 1. The highest BCUT2D eigenvalue weighted by molar-refractivity contribution is 5.88. The molecule has 0 aromatic carbocycles. The predicted octanol–water partition coefficient (Wildman–Crippen LogP) is 1.05. The van der Waals surface area contributed by atoms with Gasteiger partial charge < -0.3 is 14.4 Å². The number of carboxylic acids is 1. The van der Waals surface area contributed by atoms with Gasteiger partial charge in [-0.05, 0) is 19.1 Å². The number of rotatable bonds is 4. The Morgan fingerprint density at radius 2 is 2.41 bits per heavy atom. The van der Waals surface area contributed by atoms with Gasteiger partial charge in [-0.1, -0.05) is 5.16 Å². The van der Waals surface area contributed by atoms with Crippen LogP contribution in [-0.2, 0) is 6.61 Å². The molecule has 0 atom stereocenters. The Kier molecular flexibility index (Phi) is 2.99. The minimum atomic E-state index is -1.15. The summed E-state index contributed by atoms with van der Waals surface area (Å²) in [5, 5.41) is 12.5. The normalized spacial score (nSPS) is 10.2. The van der Waals surface area contributed by atoms with Crippen LogP contribution in [0.5, 0.6) is 5.75 Å². The molecule has 1 N–H and O–H groups in total. The minimum absolute atomic E-state index is 0.00676. The van der Waals surface area contributed by atoms with Gasteiger partial charge in [0.05, 0.1) is 0 Å². The van der Waals surface area contributed by atoms with E-state index in [4.69, 9.17) is 14.4 Å². The highest BCUT2D eigenvalue weighted by Gasteiger charge is 2.13. The van der Waals surface area contributed by atoms with Gasteiger partial charge in [0.15, 0.2) is 23.9 Å². The Balaban J connectivity index is 2.11. The molecular formula is C10H9N3O4. The number of ether oxygens (including phenoxy) is 1. The third-order valence-corrected chi connectivity index (χ3v) is 1.89. The maximum Gasteiger partial charge on any atom is 0.358 e. The molecule has 2 heterocycles. The fraction of sp³-hybridized carbons (Fsp3) is 0.200. The van der Waals surface area contributed by atoms with Crippen molar-refractivity contribution in [3.05, 3.63) is 35.7 Å². The molecule has 0 spiro atoms. The topological polar surface area (TPSA) is 98.3 Å². The second-order valence-electron chi connectivity index (χ2n) is 3.18. The van der Waals surface area contributed by atoms with Crippen molar-refractivity contribution in [1.82, 2.24) is 15.1 Å². The number of hydrogen-bond donors (Lipinski definition) is 1. The molecule has 0 saturated carbocycles. The van der Waals surface area contributed by atoms with Crippen LogP contribution in [0.15, 0.2) is 22.9 Å². The lowest BCUT2D eigenvalue weighted by Gasteiger charge is -2.04. The van der Waals surface area contributed by atoms with Crippen molar-refractivity contribution in [2.45, 2.75) is 13.5 Å². The minimum Gasteiger partial charge on any atom is -0.481 e. The third kappa shape index (κ3) is 2.57. The summed E-state index contributed by atoms with van der Waals surface area (Å²) in [6, 6.07) is 3.10. The van der Waals surface area contributed by atoms with Crippen LogP contribution >= 0.6 is 0 Å². The Labute approximate surface area is 96.1 Å². The molecule has 17 heavy (non-hydrogen) atoms. The Bertz CT molecular complexity index is 538. The van der Waals surface area contributed by atoms with Crippen molar-refractivity contribution in [3.8, 4) is 5.75 Å². The standard InChI is InChI=1S/C10H9N3O4/c1-6-12-8(17-13-6)5-16-7-3-2-4-11-9(7)10(14)15/h2-4H,5H2,1H3,(H,14,15). The molecule has 0 fully saturated rings. The number of pyridine rings is 1. The lowest BCUT2D eigenvalue weighted by atomic mass is 10.3. The number of hydrogen-bond acceptors (Lipinski definition) is 6. The van der Waals surface area contributed by atoms with Crippen LogP contribution in [0, 0.1) is 6.92 Å². The van der Waals surface area contributed by atoms with Gasteiger partial charge in [0.1, 0.15) is 0 Å². The SMILES string of the molecule is Cc1noc(COc2cccnc2C(=O)O)n1. The molecule has 0 aliphatic heterocycles. The first-order valence-corrected chi connectivity index (χ1v) is 4.77. The summed E-state index contributed by atoms with van der Waals surface area (Å²) in [6.45, 7) is 1.69. The van der Waals surface area contributed by atoms with Crippen LogP contribution in [-0.4, -0.2) is 26.2 Å². The molecular weight excluding hydrogens is 226 g/mol. The van der Waals surface area contributed by atoms with E-state index in [0.29, 0.717) is 5.82 Å². The van der Waals surface area contributed by atoms with Gasteiger partial charge in [0, 0.05) is 6.20 Å². The molecule has 7 heteroatoms. The van der Waals surface area contributed by atoms with Gasteiger partial charge in [-0.25, -0.2) is 9.78 Å². The molecule has 7 nitrogen and oxygen atoms in total. The molecule has 2 aromatic rings. The maximum absolute atomic E-state index is 10.8. The van der Waals surface area contributed by atoms with Crippen molar-refractivity contribution >= 4 is 5.97 Å². The lowest BCUT2D eigenvalue weighted by Crippen LogP contribution is -2.05. The van der Waals surface area contributed by atoms with E-state index in [-0.39, 0.29) is 23.9 Å². The summed E-state index contributed by atoms with van der Waals surface area (Å²) >= 11 is 0. The van der Waals surface area contributed by atoms with E-state index in [1.54, 1.807) is 13.0 Å². The average Bonchev–Trinajstić information content (AvgIpc) is 2.73. The second kappa shape index (κ2) is 4.60. The highest BCUT2D eigenvalue weighted by Crippen LogP contribution is 2.16. The zero-order chi connectivity index (χ0) is 12.3. The summed E-state index contributed by atoms with van der Waals surface area (Å²) in [5.74, 6) is -0.214. The molecule has 2 aromatic heterocycles. The van der Waals surface area contributed by atoms with Gasteiger partial charge in [-0.2, -0.15) is 4.98 Å². The Hall–Kier alpha value is -2.44. The fourth-order valence-corrected chi connectivity index (χ4v) is 1.21. The summed E-state index contributed by atoms with van der Waals surface area (Å²) in [4.78, 5) is 18.5. The smallest absolute Gasteiger partial charge is 0.358 e. The van der Waals surface area contributed by atoms with E-state index < -0.39 is 5.97 Å². The van der Waals surface area contributed by atoms with Crippen LogP contribution < -0.4 is 4.74 Å². The predicted molar refractivity (Wildman–Crippen MR) is 54.6 cm³/mol. The van der Waals surface area contributed by atoms with Gasteiger partial charge in [-0.3, -0.25) is 0 Å². The summed E-state index contributed by atoms with van der Waals surface area (Å²) in [7, 11) is 0. The number of aryl methyl sites for hydroxylation is 1. The van der Waals surface area contributed by atoms with E-state index in [1.165, 1.54) is 12.3 Å². The van der Waals surface area contributed by atoms with Crippen molar-refractivity contribution in [1.29, 1.82) is 0 Å². The zero-order valence-electron chi connectivity index (χ0n) is 8.95. The van der Waals surface area contributed by atoms with Gasteiger partial charge in [0.2, 0.25) is 0 Å². The molecule has 2 rings (SSSR count). The first-order valence-electron chi connectivity index (χ1n) is 4.77. The summed E-state index contributed by atoms with van der Waals surface area (Å²) < 4.78 is 10.1. The molecule has 0 radical (unpaired) electrons. The van der Waals surface area contributed by atoms with Crippen LogP contribution in [0.25, 0.3) is 0 Å². The first kappa shape index (κ1) is 11.1. The van der Waals surface area contributed by atoms with E-state index in [2.05, 4.69) is 15.1 Å². The van der Waals surface area contributed by atoms with Crippen LogP contribution in [0.2, 0.25) is 0 Å². The fourth-order valence-electron chi connectivity index (χ4n) is 1.21. The van der Waals surface area contributed by atoms with Crippen LogP contribution in [0.4, 0.5) is 0 Å². The third-order valence-electron chi connectivity index (χ3n) is 1.89. The zero-order valence-corrected chi connectivity index (χ0v) is 8.95. The Morgan fingerprint density at radius 3 is 3.06 bits per heavy atom. The summed E-state index contributed by atoms with van der Waals surface area (Å²) in [5.41, 5.74) is -0.149. The van der Waals surface area contributed by atoms with E-state index in [0.717, 1.165) is 0 Å². The average molecular weight is 235 g/mol.